The molecule has 2 aromatic heterocycles. The van der Waals surface area contributed by atoms with Gasteiger partial charge in [0.2, 0.25) is 0 Å². The first-order valence-electron chi connectivity index (χ1n) is 10.5. The molecule has 0 spiro atoms. The molecular formula is C21H31ClN8. The number of anilines is 2. The van der Waals surface area contributed by atoms with Crippen LogP contribution in [0.3, 0.4) is 0 Å². The van der Waals surface area contributed by atoms with Crippen LogP contribution >= 0.6 is 12.4 Å². The van der Waals surface area contributed by atoms with Crippen LogP contribution in [0.1, 0.15) is 30.5 Å². The number of aryl methyl sites for hydroxylation is 1. The topological polar surface area (TPSA) is 77.1 Å². The van der Waals surface area contributed by atoms with Gasteiger partial charge in [0.25, 0.3) is 0 Å². The van der Waals surface area contributed by atoms with Gasteiger partial charge >= 0.3 is 0 Å². The van der Waals surface area contributed by atoms with E-state index < -0.39 is 0 Å². The van der Waals surface area contributed by atoms with Crippen molar-refractivity contribution in [2.75, 3.05) is 49.1 Å². The van der Waals surface area contributed by atoms with Crippen molar-refractivity contribution in [3.05, 3.63) is 29.8 Å². The van der Waals surface area contributed by atoms with Crippen LogP contribution in [0.15, 0.2) is 18.6 Å². The van der Waals surface area contributed by atoms with Gasteiger partial charge in [-0.2, -0.15) is 10.4 Å². The molecule has 2 fully saturated rings. The van der Waals surface area contributed by atoms with Gasteiger partial charge in [-0.1, -0.05) is 0 Å². The Morgan fingerprint density at radius 1 is 1.00 bits per heavy atom. The molecule has 2 aliphatic heterocycles. The van der Waals surface area contributed by atoms with Crippen LogP contribution in [-0.4, -0.2) is 63.9 Å². The van der Waals surface area contributed by atoms with Gasteiger partial charge in [0, 0.05) is 82.9 Å². The standard InChI is InChI=1S/C21H30N8.ClH/c1-17-19(15-25-26(17)2)16-27-11-13-29(14-12-27)21-20(23-7-8-24-21)28-9-4-18(3-6-22)5-10-28;/h7-8,15,18H,3-5,9-14,16H2,1-2H3;1H. The van der Waals surface area contributed by atoms with Crippen molar-refractivity contribution in [2.45, 2.75) is 32.7 Å². The zero-order valence-corrected chi connectivity index (χ0v) is 18.7. The van der Waals surface area contributed by atoms with E-state index in [1.54, 1.807) is 12.4 Å². The number of piperazine rings is 1. The SMILES string of the molecule is Cc1c(CN2CCN(c3nccnc3N3CCC(CC#N)CC3)CC2)cnn1C.Cl. The number of nitrogens with zero attached hydrogens (tertiary/aromatic N) is 8. The fourth-order valence-electron chi connectivity index (χ4n) is 4.31. The van der Waals surface area contributed by atoms with E-state index in [-0.39, 0.29) is 12.4 Å². The Bertz CT molecular complexity index is 860. The van der Waals surface area contributed by atoms with Crippen LogP contribution < -0.4 is 9.80 Å². The molecule has 0 N–H and O–H groups in total. The molecule has 162 valence electrons. The molecule has 0 saturated carbocycles. The molecule has 4 rings (SSSR count). The van der Waals surface area contributed by atoms with Crippen LogP contribution in [0, 0.1) is 24.2 Å². The van der Waals surface area contributed by atoms with Gasteiger partial charge in [-0.05, 0) is 25.7 Å². The van der Waals surface area contributed by atoms with E-state index in [1.165, 1.54) is 11.3 Å². The van der Waals surface area contributed by atoms with E-state index in [1.807, 2.05) is 17.9 Å². The van der Waals surface area contributed by atoms with Crippen molar-refractivity contribution in [1.82, 2.24) is 24.6 Å². The molecule has 0 unspecified atom stereocenters. The predicted molar refractivity (Wildman–Crippen MR) is 120 cm³/mol. The van der Waals surface area contributed by atoms with E-state index in [0.717, 1.165) is 70.3 Å². The zero-order chi connectivity index (χ0) is 20.2. The zero-order valence-electron chi connectivity index (χ0n) is 17.9. The Balaban J connectivity index is 0.00000256. The van der Waals surface area contributed by atoms with Gasteiger partial charge in [0.1, 0.15) is 0 Å². The van der Waals surface area contributed by atoms with E-state index in [2.05, 4.69) is 37.8 Å². The van der Waals surface area contributed by atoms with Gasteiger partial charge in [-0.3, -0.25) is 9.58 Å². The first-order chi connectivity index (χ1) is 14.2. The van der Waals surface area contributed by atoms with E-state index in [4.69, 9.17) is 10.2 Å². The van der Waals surface area contributed by atoms with E-state index in [0.29, 0.717) is 12.3 Å². The Hall–Kier alpha value is -2.37. The minimum Gasteiger partial charge on any atom is -0.354 e. The monoisotopic (exact) mass is 430 g/mol. The van der Waals surface area contributed by atoms with Crippen molar-refractivity contribution in [1.29, 1.82) is 5.26 Å². The average molecular weight is 431 g/mol. The second kappa shape index (κ2) is 10.1. The van der Waals surface area contributed by atoms with Gasteiger partial charge in [0.15, 0.2) is 11.6 Å². The molecule has 0 aliphatic carbocycles. The summed E-state index contributed by atoms with van der Waals surface area (Å²) < 4.78 is 1.94. The van der Waals surface area contributed by atoms with Gasteiger partial charge in [0.05, 0.1) is 12.3 Å². The molecule has 0 atom stereocenters. The van der Waals surface area contributed by atoms with Gasteiger partial charge in [-0.25, -0.2) is 9.97 Å². The number of rotatable bonds is 5. The van der Waals surface area contributed by atoms with Crippen molar-refractivity contribution >= 4 is 24.0 Å². The second-order valence-corrected chi connectivity index (χ2v) is 8.14. The maximum absolute atomic E-state index is 8.95. The summed E-state index contributed by atoms with van der Waals surface area (Å²) in [7, 11) is 2.00. The third-order valence-electron chi connectivity index (χ3n) is 6.36. The quantitative estimate of drug-likeness (QED) is 0.720. The lowest BCUT2D eigenvalue weighted by Crippen LogP contribution is -2.47. The summed E-state index contributed by atoms with van der Waals surface area (Å²) in [5, 5.41) is 13.3. The lowest BCUT2D eigenvalue weighted by atomic mass is 9.94. The summed E-state index contributed by atoms with van der Waals surface area (Å²) in [6.45, 7) is 8.92. The number of hydrogen-bond acceptors (Lipinski definition) is 7. The molecule has 2 aliphatic rings. The Morgan fingerprint density at radius 3 is 2.13 bits per heavy atom. The van der Waals surface area contributed by atoms with Gasteiger partial charge < -0.3 is 9.80 Å². The van der Waals surface area contributed by atoms with Crippen LogP contribution in [-0.2, 0) is 13.6 Å². The molecule has 0 amide bonds. The lowest BCUT2D eigenvalue weighted by Gasteiger charge is -2.38. The molecule has 2 aromatic rings. The molecule has 2 saturated heterocycles. The Labute approximate surface area is 184 Å². The summed E-state index contributed by atoms with van der Waals surface area (Å²) in [5.74, 6) is 2.53. The van der Waals surface area contributed by atoms with Crippen molar-refractivity contribution in [2.24, 2.45) is 13.0 Å². The van der Waals surface area contributed by atoms with Crippen LogP contribution in [0.2, 0.25) is 0 Å². The number of piperidine rings is 1. The third-order valence-corrected chi connectivity index (χ3v) is 6.36. The number of aromatic nitrogens is 4. The highest BCUT2D eigenvalue weighted by atomic mass is 35.5. The average Bonchev–Trinajstić information content (AvgIpc) is 3.07. The Morgan fingerprint density at radius 2 is 1.60 bits per heavy atom. The summed E-state index contributed by atoms with van der Waals surface area (Å²) in [6, 6.07) is 2.32. The largest absolute Gasteiger partial charge is 0.354 e. The molecule has 30 heavy (non-hydrogen) atoms. The summed E-state index contributed by atoms with van der Waals surface area (Å²) >= 11 is 0. The minimum absolute atomic E-state index is 0. The summed E-state index contributed by atoms with van der Waals surface area (Å²) in [5.41, 5.74) is 2.55. The third kappa shape index (κ3) is 4.85. The second-order valence-electron chi connectivity index (χ2n) is 8.14. The maximum atomic E-state index is 8.95. The molecule has 0 bridgehead atoms. The predicted octanol–water partition coefficient (Wildman–Crippen LogP) is 2.39. The number of nitriles is 1. The normalized spacial score (nSPS) is 18.2. The molecule has 8 nitrogen and oxygen atoms in total. The lowest BCUT2D eigenvalue weighted by molar-refractivity contribution is 0.248. The minimum atomic E-state index is 0. The summed E-state index contributed by atoms with van der Waals surface area (Å²) in [6.07, 6.45) is 8.36. The molecule has 4 heterocycles. The first kappa shape index (κ1) is 22.3. The number of halogens is 1. The smallest absolute Gasteiger partial charge is 0.172 e. The van der Waals surface area contributed by atoms with Crippen LogP contribution in [0.25, 0.3) is 0 Å². The molecule has 0 aromatic carbocycles. The highest BCUT2D eigenvalue weighted by molar-refractivity contribution is 5.85. The molecule has 9 heteroatoms. The van der Waals surface area contributed by atoms with Crippen LogP contribution in [0.4, 0.5) is 11.6 Å². The number of hydrogen-bond donors (Lipinski definition) is 0. The van der Waals surface area contributed by atoms with Crippen molar-refractivity contribution < 1.29 is 0 Å². The maximum Gasteiger partial charge on any atom is 0.172 e. The molecular weight excluding hydrogens is 400 g/mol. The van der Waals surface area contributed by atoms with Crippen molar-refractivity contribution in [3.8, 4) is 6.07 Å². The summed E-state index contributed by atoms with van der Waals surface area (Å²) in [4.78, 5) is 16.6. The highest BCUT2D eigenvalue weighted by Gasteiger charge is 2.26. The van der Waals surface area contributed by atoms with E-state index >= 15 is 0 Å². The fourth-order valence-corrected chi connectivity index (χ4v) is 4.31. The van der Waals surface area contributed by atoms with Crippen LogP contribution in [0.5, 0.6) is 0 Å². The first-order valence-corrected chi connectivity index (χ1v) is 10.5. The van der Waals surface area contributed by atoms with Gasteiger partial charge in [-0.15, -0.1) is 12.4 Å². The van der Waals surface area contributed by atoms with E-state index in [9.17, 15) is 0 Å². The highest BCUT2D eigenvalue weighted by Crippen LogP contribution is 2.30. The van der Waals surface area contributed by atoms with Crippen molar-refractivity contribution in [3.63, 3.8) is 0 Å². The molecule has 0 radical (unpaired) electrons. The Kier molecular flexibility index (Phi) is 7.51. The fraction of sp³-hybridized carbons (Fsp3) is 0.619.